The van der Waals surface area contributed by atoms with Crippen LogP contribution in [0.25, 0.3) is 11.1 Å². The summed E-state index contributed by atoms with van der Waals surface area (Å²) in [5, 5.41) is 14.7. The van der Waals surface area contributed by atoms with Gasteiger partial charge in [0.2, 0.25) is 5.91 Å². The smallest absolute Gasteiger partial charge is 0.407 e. The monoisotopic (exact) mass is 470 g/mol. The first-order valence-corrected chi connectivity index (χ1v) is 11.7. The van der Waals surface area contributed by atoms with Crippen molar-refractivity contribution in [3.8, 4) is 11.1 Å². The summed E-state index contributed by atoms with van der Waals surface area (Å²) in [6.45, 7) is 0.598. The van der Waals surface area contributed by atoms with Crippen molar-refractivity contribution < 1.29 is 24.2 Å². The lowest BCUT2D eigenvalue weighted by atomic mass is 9.98. The quantitative estimate of drug-likeness (QED) is 0.452. The molecular formula is C28H26N2O5. The van der Waals surface area contributed by atoms with Gasteiger partial charge in [-0.3, -0.25) is 9.59 Å². The van der Waals surface area contributed by atoms with Crippen molar-refractivity contribution in [2.75, 3.05) is 18.5 Å². The molecule has 3 aromatic carbocycles. The molecule has 2 aliphatic carbocycles. The minimum Gasteiger partial charge on any atom is -0.481 e. The van der Waals surface area contributed by atoms with Gasteiger partial charge in [0.1, 0.15) is 6.61 Å². The standard InChI is InChI=1S/C28H26N2O5/c31-26(32)14-17-7-1-6-12-25(17)30-27(33)23-13-18(23)15-29-28(34)35-16-24-21-10-4-2-8-19(21)20-9-3-5-11-22(20)24/h1-12,18,23-24H,13-16H2,(H,29,34)(H,30,33)(H,31,32)/t18-,23-/m1/s1. The van der Waals surface area contributed by atoms with E-state index in [9.17, 15) is 14.4 Å². The van der Waals surface area contributed by atoms with Crippen molar-refractivity contribution in [3.63, 3.8) is 0 Å². The Balaban J connectivity index is 1.11. The lowest BCUT2D eigenvalue weighted by Crippen LogP contribution is -2.29. The van der Waals surface area contributed by atoms with Crippen LogP contribution in [-0.2, 0) is 20.7 Å². The van der Waals surface area contributed by atoms with Crippen LogP contribution in [0.2, 0.25) is 0 Å². The number of fused-ring (bicyclic) bond motifs is 3. The van der Waals surface area contributed by atoms with E-state index in [4.69, 9.17) is 9.84 Å². The summed E-state index contributed by atoms with van der Waals surface area (Å²) in [6.07, 6.45) is 0.00881. The molecule has 35 heavy (non-hydrogen) atoms. The minimum atomic E-state index is -0.955. The number of rotatable bonds is 8. The fourth-order valence-electron chi connectivity index (χ4n) is 4.84. The van der Waals surface area contributed by atoms with E-state index in [1.54, 1.807) is 24.3 Å². The first-order chi connectivity index (χ1) is 17.0. The van der Waals surface area contributed by atoms with E-state index in [-0.39, 0.29) is 36.7 Å². The Morgan fingerprint density at radius 3 is 2.20 bits per heavy atom. The average Bonchev–Trinajstić information content (AvgIpc) is 3.57. The lowest BCUT2D eigenvalue weighted by Gasteiger charge is -2.14. The summed E-state index contributed by atoms with van der Waals surface area (Å²) in [7, 11) is 0. The maximum absolute atomic E-state index is 12.6. The predicted octanol–water partition coefficient (Wildman–Crippen LogP) is 4.43. The van der Waals surface area contributed by atoms with Crippen LogP contribution in [0.3, 0.4) is 0 Å². The third-order valence-corrected chi connectivity index (χ3v) is 6.73. The van der Waals surface area contributed by atoms with E-state index in [0.29, 0.717) is 24.2 Å². The summed E-state index contributed by atoms with van der Waals surface area (Å²) >= 11 is 0. The zero-order chi connectivity index (χ0) is 24.4. The van der Waals surface area contributed by atoms with Crippen molar-refractivity contribution in [1.82, 2.24) is 5.32 Å². The number of para-hydroxylation sites is 1. The van der Waals surface area contributed by atoms with Crippen LogP contribution in [0.5, 0.6) is 0 Å². The first-order valence-electron chi connectivity index (χ1n) is 11.7. The Kier molecular flexibility index (Phi) is 6.23. The molecule has 0 bridgehead atoms. The van der Waals surface area contributed by atoms with Gasteiger partial charge in [0.05, 0.1) is 6.42 Å². The molecule has 178 valence electrons. The van der Waals surface area contributed by atoms with Crippen molar-refractivity contribution in [1.29, 1.82) is 0 Å². The van der Waals surface area contributed by atoms with Gasteiger partial charge in [0.15, 0.2) is 0 Å². The number of aliphatic carboxylic acids is 1. The maximum atomic E-state index is 12.6. The van der Waals surface area contributed by atoms with E-state index < -0.39 is 12.1 Å². The second kappa shape index (κ2) is 9.62. The zero-order valence-corrected chi connectivity index (χ0v) is 19.1. The SMILES string of the molecule is O=C(O)Cc1ccccc1NC(=O)[C@@H]1C[C@@H]1CNC(=O)OCC1c2ccccc2-c2ccccc21. The molecule has 7 nitrogen and oxygen atoms in total. The van der Waals surface area contributed by atoms with Crippen molar-refractivity contribution in [2.24, 2.45) is 11.8 Å². The molecule has 0 saturated heterocycles. The zero-order valence-electron chi connectivity index (χ0n) is 19.1. The van der Waals surface area contributed by atoms with Gasteiger partial charge in [-0.05, 0) is 46.2 Å². The van der Waals surface area contributed by atoms with E-state index in [0.717, 1.165) is 11.1 Å². The Morgan fingerprint density at radius 2 is 1.51 bits per heavy atom. The van der Waals surface area contributed by atoms with Gasteiger partial charge in [-0.25, -0.2) is 4.79 Å². The summed E-state index contributed by atoms with van der Waals surface area (Å²) in [5.74, 6) is -1.31. The van der Waals surface area contributed by atoms with Crippen LogP contribution in [0.4, 0.5) is 10.5 Å². The highest BCUT2D eigenvalue weighted by molar-refractivity contribution is 5.95. The number of alkyl carbamates (subject to hydrolysis) is 1. The Morgan fingerprint density at radius 1 is 0.886 bits per heavy atom. The van der Waals surface area contributed by atoms with E-state index in [1.807, 2.05) is 24.3 Å². The van der Waals surface area contributed by atoms with E-state index >= 15 is 0 Å². The summed E-state index contributed by atoms with van der Waals surface area (Å²) < 4.78 is 5.56. The summed E-state index contributed by atoms with van der Waals surface area (Å²) in [6, 6.07) is 23.2. The average molecular weight is 471 g/mol. The highest BCUT2D eigenvalue weighted by Gasteiger charge is 2.43. The molecule has 0 unspecified atom stereocenters. The van der Waals surface area contributed by atoms with Gasteiger partial charge < -0.3 is 20.5 Å². The molecule has 1 saturated carbocycles. The van der Waals surface area contributed by atoms with Crippen molar-refractivity contribution in [3.05, 3.63) is 89.5 Å². The number of carbonyl (C=O) groups is 3. The third kappa shape index (κ3) is 4.89. The number of anilines is 1. The molecule has 2 aliphatic rings. The van der Waals surface area contributed by atoms with Crippen LogP contribution in [0, 0.1) is 11.8 Å². The molecule has 0 aliphatic heterocycles. The fourth-order valence-corrected chi connectivity index (χ4v) is 4.84. The van der Waals surface area contributed by atoms with Crippen LogP contribution >= 0.6 is 0 Å². The number of carbonyl (C=O) groups excluding carboxylic acids is 2. The summed E-state index contributed by atoms with van der Waals surface area (Å²) in [5.41, 5.74) is 5.73. The van der Waals surface area contributed by atoms with Gasteiger partial charge in [0, 0.05) is 24.1 Å². The van der Waals surface area contributed by atoms with Crippen LogP contribution < -0.4 is 10.6 Å². The third-order valence-electron chi connectivity index (χ3n) is 6.73. The number of benzene rings is 3. The van der Waals surface area contributed by atoms with Crippen molar-refractivity contribution >= 4 is 23.7 Å². The van der Waals surface area contributed by atoms with Gasteiger partial charge in [-0.15, -0.1) is 0 Å². The number of carboxylic acid groups (broad SMARTS) is 1. The minimum absolute atomic E-state index is 0.00141. The number of hydrogen-bond acceptors (Lipinski definition) is 4. The Bertz CT molecular complexity index is 1240. The summed E-state index contributed by atoms with van der Waals surface area (Å²) in [4.78, 5) is 36.0. The number of hydrogen-bond donors (Lipinski definition) is 3. The molecule has 3 aromatic rings. The predicted molar refractivity (Wildman–Crippen MR) is 131 cm³/mol. The Labute approximate surface area is 203 Å². The fraction of sp³-hybridized carbons (Fsp3) is 0.250. The lowest BCUT2D eigenvalue weighted by molar-refractivity contribution is -0.136. The van der Waals surface area contributed by atoms with Gasteiger partial charge in [0.25, 0.3) is 0 Å². The molecule has 0 spiro atoms. The van der Waals surface area contributed by atoms with Crippen molar-refractivity contribution in [2.45, 2.75) is 18.8 Å². The van der Waals surface area contributed by atoms with E-state index in [2.05, 4.69) is 34.9 Å². The molecule has 0 radical (unpaired) electrons. The number of amides is 2. The number of nitrogens with one attached hydrogen (secondary N) is 2. The van der Waals surface area contributed by atoms with Gasteiger partial charge in [-0.1, -0.05) is 66.7 Å². The first kappa shape index (κ1) is 22.7. The largest absolute Gasteiger partial charge is 0.481 e. The van der Waals surface area contributed by atoms with Crippen LogP contribution in [0.1, 0.15) is 29.0 Å². The molecule has 7 heteroatoms. The highest BCUT2D eigenvalue weighted by atomic mass is 16.5. The normalized spacial score (nSPS) is 17.7. The Hall–Kier alpha value is -4.13. The molecule has 3 N–H and O–H groups in total. The molecule has 1 fully saturated rings. The second-order valence-corrected chi connectivity index (χ2v) is 9.03. The van der Waals surface area contributed by atoms with E-state index in [1.165, 1.54) is 11.1 Å². The van der Waals surface area contributed by atoms with Gasteiger partial charge in [-0.2, -0.15) is 0 Å². The molecule has 0 heterocycles. The maximum Gasteiger partial charge on any atom is 0.407 e. The second-order valence-electron chi connectivity index (χ2n) is 9.03. The topological polar surface area (TPSA) is 105 Å². The number of carboxylic acids is 1. The van der Waals surface area contributed by atoms with Crippen LogP contribution in [0.15, 0.2) is 72.8 Å². The molecular weight excluding hydrogens is 444 g/mol. The molecule has 5 rings (SSSR count). The molecule has 2 amide bonds. The highest BCUT2D eigenvalue weighted by Crippen LogP contribution is 2.44. The van der Waals surface area contributed by atoms with Crippen LogP contribution in [-0.4, -0.2) is 36.2 Å². The number of ether oxygens (including phenoxy) is 1. The molecule has 0 aromatic heterocycles. The van der Waals surface area contributed by atoms with Gasteiger partial charge >= 0.3 is 12.1 Å². The molecule has 2 atom stereocenters.